The molecule has 0 aliphatic carbocycles. The number of carbonyl (C=O) groups is 1. The molecular formula is C16H18ClN3OS. The third-order valence-electron chi connectivity index (χ3n) is 3.71. The smallest absolute Gasteiger partial charge is 0.235 e. The van der Waals surface area contributed by atoms with Crippen LogP contribution < -0.4 is 5.32 Å². The second kappa shape index (κ2) is 6.34. The average molecular weight is 336 g/mol. The van der Waals surface area contributed by atoms with E-state index >= 15 is 0 Å². The summed E-state index contributed by atoms with van der Waals surface area (Å²) in [5.74, 6) is 1.74. The summed E-state index contributed by atoms with van der Waals surface area (Å²) in [5.41, 5.74) is 2.08. The van der Waals surface area contributed by atoms with Crippen LogP contribution >= 0.6 is 23.4 Å². The molecule has 0 radical (unpaired) electrons. The minimum absolute atomic E-state index is 0.0234. The van der Waals surface area contributed by atoms with Crippen LogP contribution in [0.5, 0.6) is 0 Å². The number of fused-ring (bicyclic) bond motifs is 1. The molecule has 0 bridgehead atoms. The van der Waals surface area contributed by atoms with Crippen LogP contribution in [0.1, 0.15) is 30.2 Å². The molecule has 0 fully saturated rings. The Morgan fingerprint density at radius 1 is 1.45 bits per heavy atom. The first-order chi connectivity index (χ1) is 10.6. The lowest BCUT2D eigenvalue weighted by Crippen LogP contribution is -2.17. The first kappa shape index (κ1) is 15.4. The summed E-state index contributed by atoms with van der Waals surface area (Å²) >= 11 is 7.91. The number of nitrogens with zero attached hydrogens (tertiary/aromatic N) is 2. The second-order valence-electron chi connectivity index (χ2n) is 5.72. The molecule has 2 heterocycles. The third-order valence-corrected chi connectivity index (χ3v) is 5.66. The van der Waals surface area contributed by atoms with Crippen molar-refractivity contribution >= 4 is 35.1 Å². The van der Waals surface area contributed by atoms with Crippen molar-refractivity contribution in [2.24, 2.45) is 5.92 Å². The standard InChI is InChI=1S/C16H18ClN3OS/c1-10(2)15-12-7-18-20(16(12)19-14(21)9-22-15)8-11-5-3-4-6-13(11)17/h3-7,10,15H,8-9H2,1-2H3,(H,19,21). The van der Waals surface area contributed by atoms with Gasteiger partial charge in [-0.25, -0.2) is 4.68 Å². The summed E-state index contributed by atoms with van der Waals surface area (Å²) in [7, 11) is 0. The van der Waals surface area contributed by atoms with Crippen LogP contribution in [0.3, 0.4) is 0 Å². The number of rotatable bonds is 3. The number of hydrogen-bond acceptors (Lipinski definition) is 3. The van der Waals surface area contributed by atoms with Crippen LogP contribution in [0, 0.1) is 5.92 Å². The van der Waals surface area contributed by atoms with Crippen LogP contribution in [-0.2, 0) is 11.3 Å². The molecule has 4 nitrogen and oxygen atoms in total. The Hall–Kier alpha value is -1.46. The maximum absolute atomic E-state index is 12.0. The number of anilines is 1. The van der Waals surface area contributed by atoms with Gasteiger partial charge < -0.3 is 5.32 Å². The summed E-state index contributed by atoms with van der Waals surface area (Å²) in [6.07, 6.45) is 1.87. The van der Waals surface area contributed by atoms with E-state index in [1.54, 1.807) is 11.8 Å². The molecule has 3 rings (SSSR count). The number of nitrogens with one attached hydrogen (secondary N) is 1. The Bertz CT molecular complexity index is 698. The van der Waals surface area contributed by atoms with Gasteiger partial charge in [0.25, 0.3) is 0 Å². The first-order valence-electron chi connectivity index (χ1n) is 7.27. The third kappa shape index (κ3) is 3.01. The van der Waals surface area contributed by atoms with Crippen LogP contribution in [0.4, 0.5) is 5.82 Å². The Labute approximate surface area is 139 Å². The van der Waals surface area contributed by atoms with E-state index in [0.29, 0.717) is 23.2 Å². The van der Waals surface area contributed by atoms with Crippen molar-refractivity contribution in [3.05, 3.63) is 46.6 Å². The highest BCUT2D eigenvalue weighted by atomic mass is 35.5. The Morgan fingerprint density at radius 2 is 2.23 bits per heavy atom. The Kier molecular flexibility index (Phi) is 4.45. The zero-order valence-electron chi connectivity index (χ0n) is 12.5. The SMILES string of the molecule is CC(C)C1SCC(=O)Nc2c1cnn2Cc1ccccc1Cl. The predicted octanol–water partition coefficient (Wildman–Crippen LogP) is 3.97. The number of halogens is 1. The van der Waals surface area contributed by atoms with E-state index in [-0.39, 0.29) is 11.2 Å². The molecule has 1 aliphatic heterocycles. The van der Waals surface area contributed by atoms with E-state index in [2.05, 4.69) is 24.3 Å². The fraction of sp³-hybridized carbons (Fsp3) is 0.375. The van der Waals surface area contributed by atoms with Crippen LogP contribution in [0.15, 0.2) is 30.5 Å². The number of amides is 1. The van der Waals surface area contributed by atoms with Crippen LogP contribution in [0.25, 0.3) is 0 Å². The van der Waals surface area contributed by atoms with Crippen molar-refractivity contribution in [3.63, 3.8) is 0 Å². The quantitative estimate of drug-likeness (QED) is 0.923. The minimum atomic E-state index is 0.0234. The molecule has 2 aromatic rings. The van der Waals surface area contributed by atoms with Crippen LogP contribution in [-0.4, -0.2) is 21.4 Å². The number of hydrogen-bond donors (Lipinski definition) is 1. The summed E-state index contributed by atoms with van der Waals surface area (Å²) in [5, 5.41) is 8.45. The molecule has 1 aromatic carbocycles. The second-order valence-corrected chi connectivity index (χ2v) is 7.26. The zero-order valence-corrected chi connectivity index (χ0v) is 14.1. The van der Waals surface area contributed by atoms with Gasteiger partial charge in [-0.2, -0.15) is 5.10 Å². The molecule has 1 atom stereocenters. The van der Waals surface area contributed by atoms with Gasteiger partial charge in [0.05, 0.1) is 18.5 Å². The summed E-state index contributed by atoms with van der Waals surface area (Å²) < 4.78 is 1.83. The Balaban J connectivity index is 1.98. The van der Waals surface area contributed by atoms with E-state index < -0.39 is 0 Å². The van der Waals surface area contributed by atoms with Gasteiger partial charge in [-0.15, -0.1) is 11.8 Å². The van der Waals surface area contributed by atoms with Gasteiger partial charge in [-0.05, 0) is 17.5 Å². The monoisotopic (exact) mass is 335 g/mol. The highest BCUT2D eigenvalue weighted by Gasteiger charge is 2.28. The molecule has 0 saturated carbocycles. The molecule has 116 valence electrons. The highest BCUT2D eigenvalue weighted by molar-refractivity contribution is 8.00. The highest BCUT2D eigenvalue weighted by Crippen LogP contribution is 2.41. The van der Waals surface area contributed by atoms with Crippen molar-refractivity contribution in [2.75, 3.05) is 11.1 Å². The van der Waals surface area contributed by atoms with Gasteiger partial charge in [-0.3, -0.25) is 4.79 Å². The summed E-state index contributed by atoms with van der Waals surface area (Å²) in [4.78, 5) is 12.0. The van der Waals surface area contributed by atoms with Crippen LogP contribution in [0.2, 0.25) is 5.02 Å². The maximum atomic E-state index is 12.0. The van der Waals surface area contributed by atoms with Gasteiger partial charge >= 0.3 is 0 Å². The van der Waals surface area contributed by atoms with Crippen molar-refractivity contribution in [1.29, 1.82) is 0 Å². The maximum Gasteiger partial charge on any atom is 0.235 e. The fourth-order valence-corrected chi connectivity index (χ4v) is 3.96. The minimum Gasteiger partial charge on any atom is -0.310 e. The average Bonchev–Trinajstić information content (AvgIpc) is 2.76. The lowest BCUT2D eigenvalue weighted by atomic mass is 10.0. The molecule has 1 unspecified atom stereocenters. The molecule has 0 spiro atoms. The van der Waals surface area contributed by atoms with Crippen molar-refractivity contribution in [3.8, 4) is 0 Å². The van der Waals surface area contributed by atoms with Gasteiger partial charge in [0, 0.05) is 15.8 Å². The van der Waals surface area contributed by atoms with E-state index in [0.717, 1.165) is 16.9 Å². The number of thioether (sulfide) groups is 1. The van der Waals surface area contributed by atoms with Crippen molar-refractivity contribution < 1.29 is 4.79 Å². The molecule has 1 aliphatic rings. The van der Waals surface area contributed by atoms with Crippen molar-refractivity contribution in [2.45, 2.75) is 25.6 Å². The number of benzene rings is 1. The van der Waals surface area contributed by atoms with Gasteiger partial charge in [0.15, 0.2) is 0 Å². The molecule has 0 saturated heterocycles. The fourth-order valence-electron chi connectivity index (χ4n) is 2.63. The van der Waals surface area contributed by atoms with Gasteiger partial charge in [0.2, 0.25) is 5.91 Å². The lowest BCUT2D eigenvalue weighted by Gasteiger charge is -2.17. The number of carbonyl (C=O) groups excluding carboxylic acids is 1. The first-order valence-corrected chi connectivity index (χ1v) is 8.69. The summed E-state index contributed by atoms with van der Waals surface area (Å²) in [6.45, 7) is 4.88. The van der Waals surface area contributed by atoms with Gasteiger partial charge in [-0.1, -0.05) is 43.6 Å². The predicted molar refractivity (Wildman–Crippen MR) is 91.4 cm³/mol. The topological polar surface area (TPSA) is 46.9 Å². The van der Waals surface area contributed by atoms with E-state index in [1.807, 2.05) is 35.1 Å². The Morgan fingerprint density at radius 3 is 2.95 bits per heavy atom. The number of aromatic nitrogens is 2. The van der Waals surface area contributed by atoms with E-state index in [4.69, 9.17) is 11.6 Å². The molecule has 6 heteroatoms. The molecule has 1 amide bonds. The molecule has 22 heavy (non-hydrogen) atoms. The molecular weight excluding hydrogens is 318 g/mol. The van der Waals surface area contributed by atoms with E-state index in [9.17, 15) is 4.79 Å². The van der Waals surface area contributed by atoms with Crippen molar-refractivity contribution in [1.82, 2.24) is 9.78 Å². The van der Waals surface area contributed by atoms with E-state index in [1.165, 1.54) is 0 Å². The molecule has 1 N–H and O–H groups in total. The summed E-state index contributed by atoms with van der Waals surface area (Å²) in [6, 6.07) is 7.70. The molecule has 1 aromatic heterocycles. The normalized spacial score (nSPS) is 18.0. The largest absolute Gasteiger partial charge is 0.310 e. The van der Waals surface area contributed by atoms with Gasteiger partial charge in [0.1, 0.15) is 5.82 Å². The zero-order chi connectivity index (χ0) is 15.7. The lowest BCUT2D eigenvalue weighted by molar-refractivity contribution is -0.113.